The number of anilines is 1. The van der Waals surface area contributed by atoms with Crippen molar-refractivity contribution >= 4 is 68.1 Å². The number of amides is 3. The van der Waals surface area contributed by atoms with Crippen molar-refractivity contribution in [3.05, 3.63) is 97.6 Å². The van der Waals surface area contributed by atoms with E-state index >= 15 is 0 Å². The number of para-hydroxylation sites is 1. The molecular formula is C26H16BrClFN3O4S. The van der Waals surface area contributed by atoms with Crippen molar-refractivity contribution in [3.63, 3.8) is 0 Å². The third-order valence-corrected chi connectivity index (χ3v) is 6.93. The lowest BCUT2D eigenvalue weighted by Gasteiger charge is -2.13. The van der Waals surface area contributed by atoms with Crippen LogP contribution in [0.3, 0.4) is 0 Å². The molecule has 1 fully saturated rings. The smallest absolute Gasteiger partial charge is 0.294 e. The molecule has 3 aromatic carbocycles. The fraction of sp³-hybridized carbons (Fsp3) is 0.0769. The fourth-order valence-corrected chi connectivity index (χ4v) is 5.22. The molecule has 1 N–H and O–H groups in total. The molecule has 0 bridgehead atoms. The van der Waals surface area contributed by atoms with Gasteiger partial charge in [-0.25, -0.2) is 4.39 Å². The van der Waals surface area contributed by atoms with Crippen molar-refractivity contribution in [2.75, 3.05) is 11.9 Å². The monoisotopic (exact) mass is 599 g/mol. The SMILES string of the molecule is N#Cc1ccccc1COc1c(Cl)cc(/C=C2\SC(=O)N(CC(=O)Nc3ccccc3F)C2=O)cc1Br. The molecule has 0 saturated carbocycles. The molecule has 3 amide bonds. The van der Waals surface area contributed by atoms with E-state index in [-0.39, 0.29) is 22.2 Å². The molecule has 0 spiro atoms. The van der Waals surface area contributed by atoms with E-state index in [2.05, 4.69) is 27.3 Å². The van der Waals surface area contributed by atoms with E-state index in [0.29, 0.717) is 38.7 Å². The number of ether oxygens (including phenoxy) is 1. The van der Waals surface area contributed by atoms with Gasteiger partial charge >= 0.3 is 0 Å². The molecule has 1 aliphatic rings. The Hall–Kier alpha value is -3.65. The van der Waals surface area contributed by atoms with Gasteiger partial charge < -0.3 is 10.1 Å². The Balaban J connectivity index is 1.46. The van der Waals surface area contributed by atoms with Crippen molar-refractivity contribution in [1.29, 1.82) is 5.26 Å². The van der Waals surface area contributed by atoms with Gasteiger partial charge in [0.1, 0.15) is 19.0 Å². The average Bonchev–Trinajstić information content (AvgIpc) is 3.12. The largest absolute Gasteiger partial charge is 0.486 e. The van der Waals surface area contributed by atoms with E-state index in [4.69, 9.17) is 16.3 Å². The summed E-state index contributed by atoms with van der Waals surface area (Å²) in [6.45, 7) is -0.438. The Morgan fingerprint density at radius 2 is 1.92 bits per heavy atom. The van der Waals surface area contributed by atoms with Gasteiger partial charge in [-0.05, 0) is 69.7 Å². The molecule has 11 heteroatoms. The molecule has 1 heterocycles. The first-order valence-electron chi connectivity index (χ1n) is 10.7. The van der Waals surface area contributed by atoms with Crippen LogP contribution in [0.15, 0.2) is 70.0 Å². The standard InChI is InChI=1S/C26H16BrClFN3O4S/c27-18-9-15(10-19(28)24(18)36-14-17-6-2-1-5-16(17)12-30)11-22-25(34)32(26(35)37-22)13-23(33)31-21-8-4-3-7-20(21)29/h1-11H,13-14H2,(H,31,33)/b22-11-. The van der Waals surface area contributed by atoms with Gasteiger partial charge in [-0.15, -0.1) is 0 Å². The second-order valence-corrected chi connectivity index (χ2v) is 9.92. The molecule has 37 heavy (non-hydrogen) atoms. The zero-order valence-corrected chi connectivity index (χ0v) is 22.0. The molecule has 0 unspecified atom stereocenters. The minimum Gasteiger partial charge on any atom is -0.486 e. The Morgan fingerprint density at radius 1 is 1.19 bits per heavy atom. The number of hydrogen-bond acceptors (Lipinski definition) is 6. The second kappa shape index (κ2) is 11.6. The van der Waals surface area contributed by atoms with Gasteiger partial charge in [0, 0.05) is 5.56 Å². The first kappa shape index (κ1) is 26.4. The van der Waals surface area contributed by atoms with Crippen LogP contribution in [-0.2, 0) is 16.2 Å². The highest BCUT2D eigenvalue weighted by Gasteiger charge is 2.36. The summed E-state index contributed by atoms with van der Waals surface area (Å²) in [6, 6.07) is 17.9. The van der Waals surface area contributed by atoms with Gasteiger partial charge in [0.25, 0.3) is 11.1 Å². The van der Waals surface area contributed by atoms with Gasteiger partial charge in [0.15, 0.2) is 5.75 Å². The molecular weight excluding hydrogens is 585 g/mol. The van der Waals surface area contributed by atoms with Gasteiger partial charge in [0.2, 0.25) is 5.91 Å². The lowest BCUT2D eigenvalue weighted by atomic mass is 10.1. The molecule has 4 rings (SSSR count). The Kier molecular flexibility index (Phi) is 8.28. The third-order valence-electron chi connectivity index (χ3n) is 5.15. The van der Waals surface area contributed by atoms with Gasteiger partial charge in [-0.2, -0.15) is 5.26 Å². The van der Waals surface area contributed by atoms with Crippen LogP contribution in [0.4, 0.5) is 14.9 Å². The number of thioether (sulfide) groups is 1. The number of nitrogens with zero attached hydrogens (tertiary/aromatic N) is 2. The van der Waals surface area contributed by atoms with Crippen LogP contribution in [0.2, 0.25) is 5.02 Å². The summed E-state index contributed by atoms with van der Waals surface area (Å²) in [7, 11) is 0. The predicted molar refractivity (Wildman–Crippen MR) is 142 cm³/mol. The normalized spacial score (nSPS) is 14.1. The quantitative estimate of drug-likeness (QED) is 0.317. The lowest BCUT2D eigenvalue weighted by molar-refractivity contribution is -0.127. The van der Waals surface area contributed by atoms with Crippen LogP contribution >= 0.6 is 39.3 Å². The number of rotatable bonds is 7. The minimum atomic E-state index is -0.709. The Bertz CT molecular complexity index is 1470. The zero-order chi connectivity index (χ0) is 26.5. The summed E-state index contributed by atoms with van der Waals surface area (Å²) in [4.78, 5) is 38.4. The fourth-order valence-electron chi connectivity index (χ4n) is 3.39. The van der Waals surface area contributed by atoms with Crippen LogP contribution in [0, 0.1) is 17.1 Å². The van der Waals surface area contributed by atoms with Gasteiger partial charge in [-0.3, -0.25) is 19.3 Å². The summed E-state index contributed by atoms with van der Waals surface area (Å²) in [5.74, 6) is -1.64. The van der Waals surface area contributed by atoms with Crippen molar-refractivity contribution in [1.82, 2.24) is 4.90 Å². The Morgan fingerprint density at radius 3 is 2.65 bits per heavy atom. The molecule has 0 aliphatic carbocycles. The molecule has 1 aliphatic heterocycles. The van der Waals surface area contributed by atoms with Crippen molar-refractivity contribution < 1.29 is 23.5 Å². The van der Waals surface area contributed by atoms with Crippen molar-refractivity contribution in [2.24, 2.45) is 0 Å². The number of nitriles is 1. The first-order valence-corrected chi connectivity index (χ1v) is 12.6. The molecule has 186 valence electrons. The van der Waals surface area contributed by atoms with Gasteiger partial charge in [0.05, 0.1) is 31.7 Å². The topological polar surface area (TPSA) is 99.5 Å². The summed E-state index contributed by atoms with van der Waals surface area (Å²) < 4.78 is 20.1. The van der Waals surface area contributed by atoms with Crippen LogP contribution in [0.25, 0.3) is 6.08 Å². The zero-order valence-electron chi connectivity index (χ0n) is 18.8. The highest BCUT2D eigenvalue weighted by atomic mass is 79.9. The molecule has 0 radical (unpaired) electrons. The van der Waals surface area contributed by atoms with Crippen molar-refractivity contribution in [2.45, 2.75) is 6.61 Å². The summed E-state index contributed by atoms with van der Waals surface area (Å²) in [6.07, 6.45) is 1.48. The molecule has 0 aromatic heterocycles. The number of nitrogens with one attached hydrogen (secondary N) is 1. The van der Waals surface area contributed by atoms with E-state index in [9.17, 15) is 24.0 Å². The highest BCUT2D eigenvalue weighted by molar-refractivity contribution is 9.10. The maximum absolute atomic E-state index is 13.8. The third kappa shape index (κ3) is 6.20. The minimum absolute atomic E-state index is 0.0482. The predicted octanol–water partition coefficient (Wildman–Crippen LogP) is 6.37. The molecule has 0 atom stereocenters. The first-order chi connectivity index (χ1) is 17.8. The van der Waals surface area contributed by atoms with E-state index < -0.39 is 29.4 Å². The van der Waals surface area contributed by atoms with Crippen LogP contribution in [0.1, 0.15) is 16.7 Å². The average molecular weight is 601 g/mol. The second-order valence-electron chi connectivity index (χ2n) is 7.67. The maximum atomic E-state index is 13.8. The van der Waals surface area contributed by atoms with E-state index in [1.165, 1.54) is 24.3 Å². The lowest BCUT2D eigenvalue weighted by Crippen LogP contribution is -2.36. The number of hydrogen-bond donors (Lipinski definition) is 1. The molecule has 3 aromatic rings. The van der Waals surface area contributed by atoms with Crippen LogP contribution in [-0.4, -0.2) is 28.5 Å². The van der Waals surface area contributed by atoms with Crippen molar-refractivity contribution in [3.8, 4) is 11.8 Å². The van der Waals surface area contributed by atoms with Gasteiger partial charge in [-0.1, -0.05) is 41.9 Å². The number of carbonyl (C=O) groups is 3. The number of halogens is 3. The Labute approximate surface area is 229 Å². The van der Waals surface area contributed by atoms with Crippen LogP contribution in [0.5, 0.6) is 5.75 Å². The van der Waals surface area contributed by atoms with E-state index in [0.717, 1.165) is 4.90 Å². The van der Waals surface area contributed by atoms with Crippen LogP contribution < -0.4 is 10.1 Å². The van der Waals surface area contributed by atoms with E-state index in [1.54, 1.807) is 42.5 Å². The van der Waals surface area contributed by atoms with E-state index in [1.807, 2.05) is 0 Å². The maximum Gasteiger partial charge on any atom is 0.294 e. The summed E-state index contributed by atoms with van der Waals surface area (Å²) in [5.41, 5.74) is 1.66. The number of carbonyl (C=O) groups excluding carboxylic acids is 3. The molecule has 7 nitrogen and oxygen atoms in total. The summed E-state index contributed by atoms with van der Waals surface area (Å²) in [5, 5.41) is 11.2. The number of imide groups is 1. The summed E-state index contributed by atoms with van der Waals surface area (Å²) >= 11 is 10.5. The highest BCUT2D eigenvalue weighted by Crippen LogP contribution is 2.38. The molecule has 1 saturated heterocycles. The number of benzene rings is 3.